The number of aryl methyl sites for hydroxylation is 1. The minimum absolute atomic E-state index is 0.146. The first kappa shape index (κ1) is 23.1. The lowest BCUT2D eigenvalue weighted by molar-refractivity contribution is 0.332. The summed E-state index contributed by atoms with van der Waals surface area (Å²) in [6.07, 6.45) is 2.42. The average Bonchev–Trinajstić information content (AvgIpc) is 3.12. The third kappa shape index (κ3) is 2.93. The normalized spacial score (nSPS) is 21.6. The molecule has 4 aromatic carbocycles. The highest BCUT2D eigenvalue weighted by atomic mass is 35.5. The van der Waals surface area contributed by atoms with E-state index in [1.165, 1.54) is 74.4 Å². The molecule has 0 fully saturated rings. The maximum atomic E-state index is 6.78. The summed E-state index contributed by atoms with van der Waals surface area (Å²) in [6, 6.07) is 27.3. The Labute approximate surface area is 226 Å². The fourth-order valence-electron chi connectivity index (χ4n) is 7.70. The number of hydrogen-bond donors (Lipinski definition) is 0. The molecule has 0 aromatic heterocycles. The van der Waals surface area contributed by atoms with E-state index in [1.54, 1.807) is 0 Å². The zero-order valence-corrected chi connectivity index (χ0v) is 23.4. The number of anilines is 3. The molecule has 1 aliphatic heterocycles. The Hall–Kier alpha value is -3.03. The van der Waals surface area contributed by atoms with Crippen LogP contribution in [0, 0.1) is 6.92 Å². The molecule has 7 rings (SSSR count). The Morgan fingerprint density at radius 1 is 0.649 bits per heavy atom. The van der Waals surface area contributed by atoms with Crippen LogP contribution < -0.4 is 4.90 Å². The van der Waals surface area contributed by atoms with Gasteiger partial charge < -0.3 is 4.90 Å². The van der Waals surface area contributed by atoms with Crippen molar-refractivity contribution in [2.24, 2.45) is 0 Å². The Morgan fingerprint density at radius 2 is 1.35 bits per heavy atom. The lowest BCUT2D eigenvalue weighted by atomic mass is 9.63. The van der Waals surface area contributed by atoms with Gasteiger partial charge in [0.2, 0.25) is 0 Å². The number of nitrogens with zero attached hydrogens (tertiary/aromatic N) is 1. The molecular formula is C35H34ClN. The van der Waals surface area contributed by atoms with Gasteiger partial charge in [0.1, 0.15) is 0 Å². The molecule has 1 atom stereocenters. The summed E-state index contributed by atoms with van der Waals surface area (Å²) in [6.45, 7) is 14.2. The molecule has 0 saturated heterocycles. The fourth-order valence-corrected chi connectivity index (χ4v) is 7.97. The van der Waals surface area contributed by atoms with E-state index in [2.05, 4.69) is 119 Å². The number of halogens is 1. The number of hydrogen-bond acceptors (Lipinski definition) is 1. The third-order valence-electron chi connectivity index (χ3n) is 9.65. The monoisotopic (exact) mass is 503 g/mol. The second-order valence-corrected chi connectivity index (χ2v) is 13.3. The molecule has 1 heterocycles. The maximum absolute atomic E-state index is 6.78. The minimum Gasteiger partial charge on any atom is -0.310 e. The lowest BCUT2D eigenvalue weighted by Crippen LogP contribution is -2.35. The predicted molar refractivity (Wildman–Crippen MR) is 157 cm³/mol. The lowest BCUT2D eigenvalue weighted by Gasteiger charge is -2.45. The van der Waals surface area contributed by atoms with Gasteiger partial charge in [-0.15, -0.1) is 0 Å². The highest BCUT2D eigenvalue weighted by Crippen LogP contribution is 2.63. The summed E-state index contributed by atoms with van der Waals surface area (Å²) >= 11 is 6.78. The highest BCUT2D eigenvalue weighted by Gasteiger charge is 2.49. The maximum Gasteiger partial charge on any atom is 0.0523 e. The van der Waals surface area contributed by atoms with Gasteiger partial charge in [-0.25, -0.2) is 0 Å². The molecule has 2 heteroatoms. The van der Waals surface area contributed by atoms with E-state index < -0.39 is 0 Å². The minimum atomic E-state index is -0.224. The molecule has 2 aliphatic carbocycles. The van der Waals surface area contributed by atoms with Crippen LogP contribution in [0.15, 0.2) is 72.8 Å². The van der Waals surface area contributed by atoms with E-state index in [1.807, 2.05) is 0 Å². The van der Waals surface area contributed by atoms with Crippen molar-refractivity contribution in [3.63, 3.8) is 0 Å². The van der Waals surface area contributed by atoms with E-state index in [4.69, 9.17) is 11.6 Å². The van der Waals surface area contributed by atoms with E-state index >= 15 is 0 Å². The molecule has 0 amide bonds. The first-order valence-electron chi connectivity index (χ1n) is 13.5. The van der Waals surface area contributed by atoms with Crippen molar-refractivity contribution in [1.29, 1.82) is 0 Å². The van der Waals surface area contributed by atoms with Gasteiger partial charge in [-0.3, -0.25) is 0 Å². The van der Waals surface area contributed by atoms with Crippen molar-refractivity contribution in [3.05, 3.63) is 111 Å². The molecule has 3 aliphatic rings. The molecule has 0 radical (unpaired) electrons. The molecule has 0 bridgehead atoms. The molecule has 4 aromatic rings. The highest BCUT2D eigenvalue weighted by molar-refractivity contribution is 6.31. The van der Waals surface area contributed by atoms with E-state index in [0.717, 1.165) is 5.02 Å². The Bertz CT molecular complexity index is 1620. The number of rotatable bonds is 1. The number of benzene rings is 4. The smallest absolute Gasteiger partial charge is 0.0523 e. The van der Waals surface area contributed by atoms with Gasteiger partial charge >= 0.3 is 0 Å². The Kier molecular flexibility index (Phi) is 4.56. The van der Waals surface area contributed by atoms with Gasteiger partial charge in [0.05, 0.1) is 11.4 Å². The van der Waals surface area contributed by atoms with Crippen molar-refractivity contribution < 1.29 is 0 Å². The van der Waals surface area contributed by atoms with Gasteiger partial charge in [0.25, 0.3) is 0 Å². The predicted octanol–water partition coefficient (Wildman–Crippen LogP) is 10.1. The molecular weight excluding hydrogens is 470 g/mol. The first-order valence-corrected chi connectivity index (χ1v) is 13.9. The molecule has 0 spiro atoms. The quantitative estimate of drug-likeness (QED) is 0.249. The third-order valence-corrected chi connectivity index (χ3v) is 9.87. The number of fused-ring (bicyclic) bond motifs is 6. The summed E-state index contributed by atoms with van der Waals surface area (Å²) in [5.74, 6) is 0. The second-order valence-electron chi connectivity index (χ2n) is 12.8. The Balaban J connectivity index is 1.57. The Morgan fingerprint density at radius 3 is 2.14 bits per heavy atom. The molecule has 186 valence electrons. The van der Waals surface area contributed by atoms with Gasteiger partial charge in [0.15, 0.2) is 0 Å². The van der Waals surface area contributed by atoms with Crippen LogP contribution in [-0.2, 0) is 16.2 Å². The first-order chi connectivity index (χ1) is 17.5. The molecule has 37 heavy (non-hydrogen) atoms. The standard InChI is InChI=1S/C35H34ClN/c1-21-18-22(36)19-30-31(21)35(6)26-12-8-7-10-24(26)25-11-9-13-29(32(25)35)37(30)23-14-15-27-28(20-23)34(4,5)17-16-33(27,2)3/h7-15,18-20H,16-17H2,1-6H3. The van der Waals surface area contributed by atoms with Crippen molar-refractivity contribution in [2.45, 2.75) is 70.6 Å². The van der Waals surface area contributed by atoms with E-state index in [9.17, 15) is 0 Å². The van der Waals surface area contributed by atoms with Gasteiger partial charge in [-0.1, -0.05) is 81.8 Å². The van der Waals surface area contributed by atoms with Crippen molar-refractivity contribution in [3.8, 4) is 11.1 Å². The average molecular weight is 504 g/mol. The zero-order valence-electron chi connectivity index (χ0n) is 22.7. The fraction of sp³-hybridized carbons (Fsp3) is 0.314. The molecule has 1 nitrogen and oxygen atoms in total. The summed E-state index contributed by atoms with van der Waals surface area (Å²) in [7, 11) is 0. The van der Waals surface area contributed by atoms with Crippen LogP contribution in [0.3, 0.4) is 0 Å². The van der Waals surface area contributed by atoms with Crippen molar-refractivity contribution >= 4 is 28.7 Å². The van der Waals surface area contributed by atoms with Gasteiger partial charge in [0, 0.05) is 16.1 Å². The van der Waals surface area contributed by atoms with Crippen LogP contribution in [0.25, 0.3) is 11.1 Å². The summed E-state index contributed by atoms with van der Waals surface area (Å²) in [5.41, 5.74) is 14.8. The van der Waals surface area contributed by atoms with Gasteiger partial charge in [-0.05, 0) is 112 Å². The SMILES string of the molecule is Cc1cc(Cl)cc2c1C1(C)c3ccccc3-c3cccc(c31)N2c1ccc2c(c1)C(C)(C)CCC2(C)C. The van der Waals surface area contributed by atoms with E-state index in [-0.39, 0.29) is 16.2 Å². The van der Waals surface area contributed by atoms with Crippen LogP contribution in [0.4, 0.5) is 17.1 Å². The topological polar surface area (TPSA) is 3.24 Å². The molecule has 1 unspecified atom stereocenters. The summed E-state index contributed by atoms with van der Waals surface area (Å²) in [5, 5.41) is 0.787. The van der Waals surface area contributed by atoms with E-state index in [0.29, 0.717) is 0 Å². The van der Waals surface area contributed by atoms with Crippen LogP contribution in [0.5, 0.6) is 0 Å². The second kappa shape index (κ2) is 7.29. The molecule has 0 saturated carbocycles. The van der Waals surface area contributed by atoms with Crippen LogP contribution in [0.1, 0.15) is 80.8 Å². The van der Waals surface area contributed by atoms with Crippen molar-refractivity contribution in [1.82, 2.24) is 0 Å². The van der Waals surface area contributed by atoms with Crippen LogP contribution >= 0.6 is 11.6 Å². The van der Waals surface area contributed by atoms with Crippen LogP contribution in [-0.4, -0.2) is 0 Å². The summed E-state index contributed by atoms with van der Waals surface area (Å²) < 4.78 is 0. The van der Waals surface area contributed by atoms with Crippen molar-refractivity contribution in [2.75, 3.05) is 4.90 Å². The largest absolute Gasteiger partial charge is 0.310 e. The summed E-state index contributed by atoms with van der Waals surface area (Å²) in [4.78, 5) is 2.48. The van der Waals surface area contributed by atoms with Crippen LogP contribution in [0.2, 0.25) is 5.02 Å². The molecule has 0 N–H and O–H groups in total. The zero-order chi connectivity index (χ0) is 25.9. The van der Waals surface area contributed by atoms with Gasteiger partial charge in [-0.2, -0.15) is 0 Å².